The number of aliphatic hydroxyl groups is 1. The van der Waals surface area contributed by atoms with Crippen molar-refractivity contribution < 1.29 is 14.7 Å². The van der Waals surface area contributed by atoms with Gasteiger partial charge in [-0.1, -0.05) is 47.5 Å². The highest BCUT2D eigenvalue weighted by molar-refractivity contribution is 6.30. The summed E-state index contributed by atoms with van der Waals surface area (Å²) in [5.74, 6) is -1.10. The van der Waals surface area contributed by atoms with Gasteiger partial charge in [0.25, 0.3) is 5.91 Å². The van der Waals surface area contributed by atoms with Crippen LogP contribution < -0.4 is 5.43 Å². The van der Waals surface area contributed by atoms with E-state index in [4.69, 9.17) is 23.2 Å². The van der Waals surface area contributed by atoms with Crippen LogP contribution in [0.5, 0.6) is 0 Å². The van der Waals surface area contributed by atoms with Crippen molar-refractivity contribution in [2.24, 2.45) is 0 Å². The highest BCUT2D eigenvalue weighted by atomic mass is 35.5. The number of rotatable bonds is 4. The van der Waals surface area contributed by atoms with Crippen LogP contribution in [0.4, 0.5) is 0 Å². The average Bonchev–Trinajstić information content (AvgIpc) is 2.59. The van der Waals surface area contributed by atoms with Crippen molar-refractivity contribution in [2.45, 2.75) is 19.4 Å². The van der Waals surface area contributed by atoms with Crippen molar-refractivity contribution in [1.82, 2.24) is 10.4 Å². The Morgan fingerprint density at radius 3 is 1.72 bits per heavy atom. The second-order valence-corrected chi connectivity index (χ2v) is 6.30. The van der Waals surface area contributed by atoms with E-state index < -0.39 is 11.5 Å². The standard InChI is InChI=1S/C18H18Cl2N2O3/c1-3-22(12(2)23)21-17(24)18(25,13-4-8-15(19)9-5-13)14-6-10-16(20)11-7-14/h4-11,25H,3H2,1-2H3,(H,21,24). The molecule has 132 valence electrons. The van der Waals surface area contributed by atoms with Gasteiger partial charge in [0.1, 0.15) is 0 Å². The largest absolute Gasteiger partial charge is 0.372 e. The van der Waals surface area contributed by atoms with Crippen molar-refractivity contribution in [3.63, 3.8) is 0 Å². The fourth-order valence-electron chi connectivity index (χ4n) is 2.39. The van der Waals surface area contributed by atoms with Crippen molar-refractivity contribution in [3.05, 3.63) is 69.7 Å². The lowest BCUT2D eigenvalue weighted by atomic mass is 9.85. The van der Waals surface area contributed by atoms with Crippen molar-refractivity contribution in [3.8, 4) is 0 Å². The first kappa shape index (κ1) is 19.2. The van der Waals surface area contributed by atoms with E-state index in [-0.39, 0.29) is 12.5 Å². The Kier molecular flexibility index (Phi) is 6.06. The van der Waals surface area contributed by atoms with Gasteiger partial charge in [0.15, 0.2) is 5.60 Å². The Bertz CT molecular complexity index is 715. The molecule has 2 aromatic rings. The second kappa shape index (κ2) is 7.87. The van der Waals surface area contributed by atoms with Crippen LogP contribution in [-0.2, 0) is 15.2 Å². The number of benzene rings is 2. The van der Waals surface area contributed by atoms with Crippen LogP contribution in [0.25, 0.3) is 0 Å². The molecule has 0 fully saturated rings. The van der Waals surface area contributed by atoms with Gasteiger partial charge in [-0.3, -0.25) is 20.0 Å². The highest BCUT2D eigenvalue weighted by Gasteiger charge is 2.41. The predicted molar refractivity (Wildman–Crippen MR) is 97.1 cm³/mol. The van der Waals surface area contributed by atoms with Crippen molar-refractivity contribution >= 4 is 35.0 Å². The minimum Gasteiger partial charge on any atom is -0.372 e. The molecule has 0 saturated carbocycles. The summed E-state index contributed by atoms with van der Waals surface area (Å²) in [6.45, 7) is 3.30. The molecule has 0 spiro atoms. The van der Waals surface area contributed by atoms with Crippen LogP contribution >= 0.6 is 23.2 Å². The Hall–Kier alpha value is -2.08. The minimum atomic E-state index is -2.02. The first-order chi connectivity index (χ1) is 11.8. The quantitative estimate of drug-likeness (QED) is 0.800. The molecule has 0 saturated heterocycles. The maximum absolute atomic E-state index is 12.9. The number of amides is 2. The van der Waals surface area contributed by atoms with Crippen LogP contribution in [0.1, 0.15) is 25.0 Å². The molecule has 2 aromatic carbocycles. The number of nitrogens with one attached hydrogen (secondary N) is 1. The Balaban J connectivity index is 2.51. The van der Waals surface area contributed by atoms with Gasteiger partial charge in [0.05, 0.1) is 0 Å². The SMILES string of the molecule is CCN(NC(=O)C(O)(c1ccc(Cl)cc1)c1ccc(Cl)cc1)C(C)=O. The summed E-state index contributed by atoms with van der Waals surface area (Å²) in [6.07, 6.45) is 0. The van der Waals surface area contributed by atoms with Crippen LogP contribution in [-0.4, -0.2) is 28.5 Å². The lowest BCUT2D eigenvalue weighted by Crippen LogP contribution is -2.53. The van der Waals surface area contributed by atoms with E-state index in [9.17, 15) is 14.7 Å². The summed E-state index contributed by atoms with van der Waals surface area (Å²) >= 11 is 11.8. The zero-order chi connectivity index (χ0) is 18.6. The average molecular weight is 381 g/mol. The maximum Gasteiger partial charge on any atom is 0.279 e. The lowest BCUT2D eigenvalue weighted by molar-refractivity contribution is -0.148. The molecule has 2 amide bonds. The molecular formula is C18H18Cl2N2O3. The normalized spacial score (nSPS) is 11.1. The molecule has 0 aromatic heterocycles. The van der Waals surface area contributed by atoms with Gasteiger partial charge >= 0.3 is 0 Å². The molecule has 0 aliphatic heterocycles. The van der Waals surface area contributed by atoms with Crippen LogP contribution in [0.15, 0.2) is 48.5 Å². The first-order valence-corrected chi connectivity index (χ1v) is 8.38. The number of hydrogen-bond donors (Lipinski definition) is 2. The van der Waals surface area contributed by atoms with Crippen LogP contribution in [0.3, 0.4) is 0 Å². The smallest absolute Gasteiger partial charge is 0.279 e. The third-order valence-electron chi connectivity index (χ3n) is 3.79. The highest BCUT2D eigenvalue weighted by Crippen LogP contribution is 2.31. The molecule has 0 radical (unpaired) electrons. The Labute approximate surface area is 156 Å². The first-order valence-electron chi connectivity index (χ1n) is 7.62. The van der Waals surface area contributed by atoms with Gasteiger partial charge in [0, 0.05) is 23.5 Å². The molecule has 0 atom stereocenters. The fraction of sp³-hybridized carbons (Fsp3) is 0.222. The van der Waals surface area contributed by atoms with E-state index in [1.54, 1.807) is 55.5 Å². The number of hydrazine groups is 1. The van der Waals surface area contributed by atoms with Gasteiger partial charge in [-0.25, -0.2) is 0 Å². The fourth-order valence-corrected chi connectivity index (χ4v) is 2.65. The van der Waals surface area contributed by atoms with E-state index in [1.165, 1.54) is 6.92 Å². The third-order valence-corrected chi connectivity index (χ3v) is 4.29. The molecule has 25 heavy (non-hydrogen) atoms. The number of halogens is 2. The number of carbonyl (C=O) groups excluding carboxylic acids is 2. The topological polar surface area (TPSA) is 69.6 Å². The summed E-state index contributed by atoms with van der Waals surface area (Å²) < 4.78 is 0. The van der Waals surface area contributed by atoms with Crippen molar-refractivity contribution in [2.75, 3.05) is 6.54 Å². The molecule has 7 heteroatoms. The number of nitrogens with zero attached hydrogens (tertiary/aromatic N) is 1. The summed E-state index contributed by atoms with van der Waals surface area (Å²) in [7, 11) is 0. The third kappa shape index (κ3) is 4.12. The molecule has 2 rings (SSSR count). The molecule has 0 heterocycles. The monoisotopic (exact) mass is 380 g/mol. The molecule has 0 aliphatic rings. The zero-order valence-electron chi connectivity index (χ0n) is 13.8. The molecule has 0 bridgehead atoms. The molecule has 2 N–H and O–H groups in total. The molecule has 0 unspecified atom stereocenters. The Morgan fingerprint density at radius 2 is 1.40 bits per heavy atom. The van der Waals surface area contributed by atoms with Crippen LogP contribution in [0, 0.1) is 0 Å². The molecule has 0 aliphatic carbocycles. The zero-order valence-corrected chi connectivity index (χ0v) is 15.3. The van der Waals surface area contributed by atoms with E-state index in [1.807, 2.05) is 0 Å². The van der Waals surface area contributed by atoms with Crippen molar-refractivity contribution in [1.29, 1.82) is 0 Å². The van der Waals surface area contributed by atoms with Gasteiger partial charge < -0.3 is 5.11 Å². The number of hydrogen-bond acceptors (Lipinski definition) is 3. The summed E-state index contributed by atoms with van der Waals surface area (Å²) in [6, 6.07) is 12.5. The summed E-state index contributed by atoms with van der Waals surface area (Å²) in [4.78, 5) is 24.5. The van der Waals surface area contributed by atoms with E-state index in [2.05, 4.69) is 5.43 Å². The predicted octanol–water partition coefficient (Wildman–Crippen LogP) is 3.13. The molecular weight excluding hydrogens is 363 g/mol. The van der Waals surface area contributed by atoms with Gasteiger partial charge in [-0.2, -0.15) is 0 Å². The minimum absolute atomic E-state index is 0.262. The van der Waals surface area contributed by atoms with E-state index >= 15 is 0 Å². The van der Waals surface area contributed by atoms with E-state index in [0.717, 1.165) is 5.01 Å². The molecule has 5 nitrogen and oxygen atoms in total. The van der Waals surface area contributed by atoms with Gasteiger partial charge in [-0.15, -0.1) is 0 Å². The van der Waals surface area contributed by atoms with Crippen LogP contribution in [0.2, 0.25) is 10.0 Å². The maximum atomic E-state index is 12.9. The summed E-state index contributed by atoms with van der Waals surface area (Å²) in [5, 5.41) is 13.4. The summed E-state index contributed by atoms with van der Waals surface area (Å²) in [5.41, 5.74) is 1.08. The van der Waals surface area contributed by atoms with Gasteiger partial charge in [0.2, 0.25) is 5.91 Å². The lowest BCUT2D eigenvalue weighted by Gasteiger charge is -2.31. The second-order valence-electron chi connectivity index (χ2n) is 5.43. The van der Waals surface area contributed by atoms with Gasteiger partial charge in [-0.05, 0) is 42.3 Å². The Morgan fingerprint density at radius 1 is 1.00 bits per heavy atom. The van der Waals surface area contributed by atoms with E-state index in [0.29, 0.717) is 21.2 Å². The number of carbonyl (C=O) groups is 2.